The van der Waals surface area contributed by atoms with Gasteiger partial charge in [0.1, 0.15) is 4.83 Å². The molecule has 2 aromatic carbocycles. The molecule has 0 unspecified atom stereocenters. The number of hydrogen-bond acceptors (Lipinski definition) is 6. The van der Waals surface area contributed by atoms with Gasteiger partial charge in [0.2, 0.25) is 0 Å². The maximum absolute atomic E-state index is 14.0. The third-order valence-corrected chi connectivity index (χ3v) is 8.81. The molecular weight excluding hydrogens is 544 g/mol. The van der Waals surface area contributed by atoms with Gasteiger partial charge in [-0.2, -0.15) is 0 Å². The van der Waals surface area contributed by atoms with Crippen LogP contribution in [0.1, 0.15) is 40.2 Å². The van der Waals surface area contributed by atoms with Gasteiger partial charge in [-0.1, -0.05) is 71.4 Å². The molecule has 0 saturated carbocycles. The number of aromatic nitrogens is 2. The van der Waals surface area contributed by atoms with Crippen molar-refractivity contribution in [3.05, 3.63) is 84.9 Å². The summed E-state index contributed by atoms with van der Waals surface area (Å²) in [6.07, 6.45) is 0.803. The first-order valence-corrected chi connectivity index (χ1v) is 14.1. The summed E-state index contributed by atoms with van der Waals surface area (Å²) in [5.74, 6) is 0.547. The van der Waals surface area contributed by atoms with Crippen LogP contribution in [0.2, 0.25) is 0 Å². The summed E-state index contributed by atoms with van der Waals surface area (Å²) in [5.41, 5.74) is 3.48. The number of aryl methyl sites for hydroxylation is 1. The summed E-state index contributed by atoms with van der Waals surface area (Å²) in [6, 6.07) is 15.1. The summed E-state index contributed by atoms with van der Waals surface area (Å²) in [7, 11) is 0. The Hall–Kier alpha value is -2.26. The number of benzene rings is 2. The Kier molecular flexibility index (Phi) is 6.99. The Morgan fingerprint density at radius 3 is 2.60 bits per heavy atom. The number of carbonyl (C=O) groups is 1. The van der Waals surface area contributed by atoms with Crippen molar-refractivity contribution in [1.82, 2.24) is 9.55 Å². The Bertz CT molecular complexity index is 1460. The third-order valence-electron chi connectivity index (χ3n) is 6.25. The monoisotopic (exact) mass is 568 g/mol. The number of ketones is 1. The predicted octanol–water partition coefficient (Wildman–Crippen LogP) is 6.59. The standard InChI is InChI=1S/C27H25BrN2O3S2/c1-15(2)22-12-20-23(13-33-22)35-25-24(20)26(32)30(19-10-4-16(3)5-11-19)27(29-25)34-14-21(31)17-6-8-18(28)9-7-17/h4-11,15,22H,12-14H2,1-3H3/t22-/m1/s1. The van der Waals surface area contributed by atoms with Crippen molar-refractivity contribution in [2.75, 3.05) is 5.75 Å². The average Bonchev–Trinajstić information content (AvgIpc) is 3.21. The van der Waals surface area contributed by atoms with E-state index in [1.165, 1.54) is 23.1 Å². The fourth-order valence-electron chi connectivity index (χ4n) is 4.20. The van der Waals surface area contributed by atoms with E-state index < -0.39 is 0 Å². The molecule has 3 heterocycles. The zero-order chi connectivity index (χ0) is 24.7. The lowest BCUT2D eigenvalue weighted by molar-refractivity contribution is 0.00200. The lowest BCUT2D eigenvalue weighted by atomic mass is 9.96. The van der Waals surface area contributed by atoms with Crippen LogP contribution in [0.3, 0.4) is 0 Å². The molecule has 1 atom stereocenters. The van der Waals surface area contributed by atoms with E-state index in [-0.39, 0.29) is 23.2 Å². The number of thioether (sulfide) groups is 1. The molecule has 0 amide bonds. The first-order chi connectivity index (χ1) is 16.8. The molecule has 35 heavy (non-hydrogen) atoms. The number of carbonyl (C=O) groups excluding carboxylic acids is 1. The van der Waals surface area contributed by atoms with Crippen molar-refractivity contribution in [2.45, 2.75) is 45.1 Å². The Morgan fingerprint density at radius 1 is 1.20 bits per heavy atom. The van der Waals surface area contributed by atoms with Gasteiger partial charge < -0.3 is 4.74 Å². The minimum Gasteiger partial charge on any atom is -0.372 e. The van der Waals surface area contributed by atoms with Crippen molar-refractivity contribution in [2.24, 2.45) is 5.92 Å². The Balaban J connectivity index is 1.59. The Morgan fingerprint density at radius 2 is 1.91 bits per heavy atom. The molecule has 0 saturated heterocycles. The van der Waals surface area contributed by atoms with E-state index in [4.69, 9.17) is 9.72 Å². The van der Waals surface area contributed by atoms with Crippen LogP contribution in [0.25, 0.3) is 15.9 Å². The maximum atomic E-state index is 14.0. The molecule has 0 aliphatic carbocycles. The molecule has 5 nitrogen and oxygen atoms in total. The molecule has 0 spiro atoms. The van der Waals surface area contributed by atoms with Crippen molar-refractivity contribution < 1.29 is 9.53 Å². The van der Waals surface area contributed by atoms with Gasteiger partial charge in [-0.15, -0.1) is 11.3 Å². The van der Waals surface area contributed by atoms with Gasteiger partial charge in [0.25, 0.3) is 5.56 Å². The fraction of sp³-hybridized carbons (Fsp3) is 0.296. The molecule has 0 bridgehead atoms. The normalized spacial score (nSPS) is 15.5. The highest BCUT2D eigenvalue weighted by Crippen LogP contribution is 2.36. The van der Waals surface area contributed by atoms with Crippen LogP contribution in [0.4, 0.5) is 0 Å². The van der Waals surface area contributed by atoms with Crippen molar-refractivity contribution >= 4 is 55.0 Å². The second-order valence-corrected chi connectivity index (χ2v) is 12.0. The molecule has 4 aromatic rings. The van der Waals surface area contributed by atoms with Gasteiger partial charge in [0.05, 0.1) is 29.5 Å². The number of halogens is 1. The fourth-order valence-corrected chi connectivity index (χ4v) is 6.54. The second-order valence-electron chi connectivity index (χ2n) is 9.07. The summed E-state index contributed by atoms with van der Waals surface area (Å²) >= 11 is 6.23. The third kappa shape index (κ3) is 4.89. The van der Waals surface area contributed by atoms with Crippen LogP contribution in [0.5, 0.6) is 0 Å². The van der Waals surface area contributed by atoms with E-state index in [1.54, 1.807) is 16.7 Å². The van der Waals surface area contributed by atoms with E-state index in [0.29, 0.717) is 35.1 Å². The Labute approximate surface area is 220 Å². The highest BCUT2D eigenvalue weighted by atomic mass is 79.9. The second kappa shape index (κ2) is 10.0. The molecule has 8 heteroatoms. The molecule has 5 rings (SSSR count). The first-order valence-electron chi connectivity index (χ1n) is 11.5. The lowest BCUT2D eigenvalue weighted by Crippen LogP contribution is -2.28. The van der Waals surface area contributed by atoms with Crippen molar-refractivity contribution in [1.29, 1.82) is 0 Å². The van der Waals surface area contributed by atoms with E-state index in [1.807, 2.05) is 43.3 Å². The highest BCUT2D eigenvalue weighted by molar-refractivity contribution is 9.10. The summed E-state index contributed by atoms with van der Waals surface area (Å²) < 4.78 is 8.63. The molecule has 180 valence electrons. The van der Waals surface area contributed by atoms with E-state index in [2.05, 4.69) is 29.8 Å². The minimum absolute atomic E-state index is 0.00838. The number of nitrogens with zero attached hydrogens (tertiary/aromatic N) is 2. The molecule has 1 aliphatic rings. The topological polar surface area (TPSA) is 61.2 Å². The quantitative estimate of drug-likeness (QED) is 0.149. The lowest BCUT2D eigenvalue weighted by Gasteiger charge is -2.26. The highest BCUT2D eigenvalue weighted by Gasteiger charge is 2.29. The molecule has 2 aromatic heterocycles. The average molecular weight is 570 g/mol. The smallest absolute Gasteiger partial charge is 0.267 e. The largest absolute Gasteiger partial charge is 0.372 e. The van der Waals surface area contributed by atoms with Crippen LogP contribution in [0, 0.1) is 12.8 Å². The van der Waals surface area contributed by atoms with Crippen LogP contribution in [0.15, 0.2) is 63.0 Å². The maximum Gasteiger partial charge on any atom is 0.267 e. The van der Waals surface area contributed by atoms with E-state index in [0.717, 1.165) is 31.0 Å². The van der Waals surface area contributed by atoms with Crippen LogP contribution < -0.4 is 5.56 Å². The van der Waals surface area contributed by atoms with E-state index >= 15 is 0 Å². The van der Waals surface area contributed by atoms with Gasteiger partial charge in [-0.3, -0.25) is 14.2 Å². The number of ether oxygens (including phenoxy) is 1. The molecular formula is C27H25BrN2O3S2. The summed E-state index contributed by atoms with van der Waals surface area (Å²) in [5, 5.41) is 1.21. The number of thiophene rings is 1. The number of Topliss-reactive ketones (excluding diaryl/α,β-unsaturated/α-hetero) is 1. The zero-order valence-corrected chi connectivity index (χ0v) is 22.9. The minimum atomic E-state index is -0.0839. The predicted molar refractivity (Wildman–Crippen MR) is 146 cm³/mol. The molecule has 0 fully saturated rings. The molecule has 1 aliphatic heterocycles. The molecule has 0 N–H and O–H groups in total. The van der Waals surface area contributed by atoms with Gasteiger partial charge in [0.15, 0.2) is 10.9 Å². The van der Waals surface area contributed by atoms with Crippen molar-refractivity contribution in [3.8, 4) is 5.69 Å². The van der Waals surface area contributed by atoms with Crippen LogP contribution >= 0.6 is 39.0 Å². The summed E-state index contributed by atoms with van der Waals surface area (Å²) in [6.45, 7) is 6.81. The van der Waals surface area contributed by atoms with Crippen LogP contribution in [-0.2, 0) is 17.8 Å². The molecule has 0 radical (unpaired) electrons. The van der Waals surface area contributed by atoms with Gasteiger partial charge >= 0.3 is 0 Å². The van der Waals surface area contributed by atoms with Crippen LogP contribution in [-0.4, -0.2) is 27.2 Å². The number of rotatable bonds is 6. The van der Waals surface area contributed by atoms with Crippen molar-refractivity contribution in [3.63, 3.8) is 0 Å². The number of fused-ring (bicyclic) bond motifs is 3. The SMILES string of the molecule is Cc1ccc(-n2c(SCC(=O)c3ccc(Br)cc3)nc3sc4c(c3c2=O)C[C@H](C(C)C)OC4)cc1. The van der Waals surface area contributed by atoms with Gasteiger partial charge in [-0.05, 0) is 42.7 Å². The summed E-state index contributed by atoms with van der Waals surface area (Å²) in [4.78, 5) is 33.6. The van der Waals surface area contributed by atoms with E-state index in [9.17, 15) is 9.59 Å². The zero-order valence-electron chi connectivity index (χ0n) is 19.7. The first kappa shape index (κ1) is 24.4. The van der Waals surface area contributed by atoms with Gasteiger partial charge in [0, 0.05) is 21.3 Å². The van der Waals surface area contributed by atoms with Gasteiger partial charge in [-0.25, -0.2) is 4.98 Å². The number of hydrogen-bond donors (Lipinski definition) is 0.